The topological polar surface area (TPSA) is 48.8 Å². The highest BCUT2D eigenvalue weighted by Crippen LogP contribution is 2.33. The van der Waals surface area contributed by atoms with Crippen LogP contribution in [-0.2, 0) is 6.42 Å². The Hall–Kier alpha value is -3.62. The Morgan fingerprint density at radius 3 is 2.52 bits per heavy atom. The molecule has 0 unspecified atom stereocenters. The first-order valence-corrected chi connectivity index (χ1v) is 11.8. The molecule has 1 aliphatic rings. The number of piperazine rings is 1. The maximum absolute atomic E-state index is 9.94. The molecule has 0 aliphatic carbocycles. The summed E-state index contributed by atoms with van der Waals surface area (Å²) < 4.78 is 2.24. The Morgan fingerprint density at radius 1 is 1.06 bits per heavy atom. The monoisotopic (exact) mass is 436 g/mol. The van der Waals surface area contributed by atoms with E-state index in [0.29, 0.717) is 5.56 Å². The predicted molar refractivity (Wildman–Crippen MR) is 135 cm³/mol. The summed E-state index contributed by atoms with van der Waals surface area (Å²) in [5, 5.41) is 9.94. The predicted octanol–water partition coefficient (Wildman–Crippen LogP) is 3.65. The maximum atomic E-state index is 9.94. The first-order valence-electron chi connectivity index (χ1n) is 11.8. The molecule has 1 saturated heterocycles. The number of pyridine rings is 1. The van der Waals surface area contributed by atoms with E-state index in [2.05, 4.69) is 83.8 Å². The molecule has 33 heavy (non-hydrogen) atoms. The van der Waals surface area contributed by atoms with Gasteiger partial charge in [0.25, 0.3) is 0 Å². The molecule has 5 rings (SSSR count). The molecule has 3 heterocycles. The van der Waals surface area contributed by atoms with E-state index in [1.165, 1.54) is 16.9 Å². The van der Waals surface area contributed by atoms with Gasteiger partial charge in [0, 0.05) is 0 Å². The molecule has 1 aliphatic heterocycles. The van der Waals surface area contributed by atoms with E-state index in [1.54, 1.807) is 4.90 Å². The second-order valence-electron chi connectivity index (χ2n) is 8.78. The summed E-state index contributed by atoms with van der Waals surface area (Å²) in [6.45, 7) is 9.48. The van der Waals surface area contributed by atoms with Crippen molar-refractivity contribution >= 4 is 28.6 Å². The van der Waals surface area contributed by atoms with Gasteiger partial charge < -0.3 is 9.80 Å². The average molecular weight is 437 g/mol. The number of imidazole rings is 1. The molecule has 1 fully saturated rings. The number of hydrogen-bond acceptors (Lipinski definition) is 3. The van der Waals surface area contributed by atoms with Gasteiger partial charge in [0.15, 0.2) is 5.65 Å². The standard InChI is InChI=1S/C28H29N5/c1-3-23-21(2)24(20-29)27-30-25-13-7-8-14-26(25)33(27)28(23)32-18-16-31(17-19-32)15-9-12-22-10-5-4-6-11-22/h4-14H,3,15-19H2,1-2H3/p+1. The number of nitrogens with zero attached hydrogens (tertiary/aromatic N) is 4. The number of anilines is 1. The molecule has 166 valence electrons. The molecule has 5 nitrogen and oxygen atoms in total. The van der Waals surface area contributed by atoms with Crippen molar-refractivity contribution in [3.8, 4) is 6.07 Å². The first-order chi connectivity index (χ1) is 16.2. The van der Waals surface area contributed by atoms with Crippen molar-refractivity contribution in [3.63, 3.8) is 0 Å². The molecule has 1 N–H and O–H groups in total. The number of hydrogen-bond donors (Lipinski definition) is 1. The van der Waals surface area contributed by atoms with Crippen LogP contribution >= 0.6 is 0 Å². The molecule has 0 atom stereocenters. The normalized spacial score (nSPS) is 15.0. The molecule has 2 aromatic carbocycles. The lowest BCUT2D eigenvalue weighted by molar-refractivity contribution is -0.894. The van der Waals surface area contributed by atoms with Crippen molar-refractivity contribution in [2.45, 2.75) is 20.3 Å². The van der Waals surface area contributed by atoms with Crippen molar-refractivity contribution in [2.24, 2.45) is 0 Å². The number of rotatable bonds is 5. The van der Waals surface area contributed by atoms with Gasteiger partial charge in [-0.25, -0.2) is 4.98 Å². The van der Waals surface area contributed by atoms with Crippen LogP contribution in [0.5, 0.6) is 0 Å². The SMILES string of the molecule is CCc1c(C)c(C#N)c2nc3ccccc3n2c1N1CC[NH+](CC=Cc2ccccc2)CC1. The van der Waals surface area contributed by atoms with Crippen LogP contribution in [0, 0.1) is 18.3 Å². The highest BCUT2D eigenvalue weighted by atomic mass is 15.3. The van der Waals surface area contributed by atoms with Crippen molar-refractivity contribution in [2.75, 3.05) is 37.6 Å². The molecule has 0 amide bonds. The Morgan fingerprint density at radius 2 is 1.79 bits per heavy atom. The van der Waals surface area contributed by atoms with Crippen molar-refractivity contribution in [3.05, 3.63) is 82.9 Å². The van der Waals surface area contributed by atoms with Crippen LogP contribution in [-0.4, -0.2) is 42.1 Å². The third-order valence-corrected chi connectivity index (χ3v) is 6.85. The summed E-state index contributed by atoms with van der Waals surface area (Å²) in [6, 6.07) is 21.2. The van der Waals surface area contributed by atoms with Gasteiger partial charge in [0.2, 0.25) is 0 Å². The number of aromatic nitrogens is 2. The fourth-order valence-electron chi connectivity index (χ4n) is 5.08. The Balaban J connectivity index is 1.46. The minimum absolute atomic E-state index is 0.696. The number of para-hydroxylation sites is 2. The van der Waals surface area contributed by atoms with Gasteiger partial charge >= 0.3 is 0 Å². The van der Waals surface area contributed by atoms with Crippen molar-refractivity contribution in [1.82, 2.24) is 9.38 Å². The third-order valence-electron chi connectivity index (χ3n) is 6.85. The lowest BCUT2D eigenvalue weighted by atomic mass is 10.0. The van der Waals surface area contributed by atoms with Gasteiger partial charge in [-0.3, -0.25) is 4.40 Å². The van der Waals surface area contributed by atoms with Crippen LogP contribution in [0.4, 0.5) is 5.82 Å². The summed E-state index contributed by atoms with van der Waals surface area (Å²) in [4.78, 5) is 8.98. The number of benzene rings is 2. The summed E-state index contributed by atoms with van der Waals surface area (Å²) >= 11 is 0. The van der Waals surface area contributed by atoms with Crippen molar-refractivity contribution < 1.29 is 4.90 Å². The van der Waals surface area contributed by atoms with Gasteiger partial charge in [-0.2, -0.15) is 5.26 Å². The Labute approximate surface area is 195 Å². The summed E-state index contributed by atoms with van der Waals surface area (Å²) in [6.07, 6.45) is 5.41. The lowest BCUT2D eigenvalue weighted by Gasteiger charge is -2.35. The molecular weight excluding hydrogens is 406 g/mol. The number of nitriles is 1. The summed E-state index contributed by atoms with van der Waals surface area (Å²) in [5.74, 6) is 1.22. The highest BCUT2D eigenvalue weighted by Gasteiger charge is 2.27. The minimum Gasteiger partial charge on any atom is -0.346 e. The van der Waals surface area contributed by atoms with Gasteiger partial charge in [-0.05, 0) is 48.2 Å². The van der Waals surface area contributed by atoms with Crippen LogP contribution in [0.15, 0.2) is 60.7 Å². The van der Waals surface area contributed by atoms with E-state index in [9.17, 15) is 5.26 Å². The average Bonchev–Trinajstić information content (AvgIpc) is 3.23. The Kier molecular flexibility index (Phi) is 5.85. The largest absolute Gasteiger partial charge is 0.346 e. The summed E-state index contributed by atoms with van der Waals surface area (Å²) in [7, 11) is 0. The number of fused-ring (bicyclic) bond motifs is 3. The van der Waals surface area contributed by atoms with Crippen LogP contribution < -0.4 is 9.80 Å². The molecule has 0 radical (unpaired) electrons. The molecule has 0 saturated carbocycles. The van der Waals surface area contributed by atoms with Crippen molar-refractivity contribution in [1.29, 1.82) is 5.26 Å². The lowest BCUT2D eigenvalue weighted by Crippen LogP contribution is -3.14. The van der Waals surface area contributed by atoms with E-state index in [1.807, 2.05) is 12.1 Å². The first kappa shape index (κ1) is 21.2. The summed E-state index contributed by atoms with van der Waals surface area (Å²) in [5.41, 5.74) is 7.08. The maximum Gasteiger partial charge on any atom is 0.157 e. The van der Waals surface area contributed by atoms with E-state index in [4.69, 9.17) is 4.98 Å². The zero-order valence-corrected chi connectivity index (χ0v) is 19.4. The zero-order chi connectivity index (χ0) is 22.8. The van der Waals surface area contributed by atoms with Gasteiger partial charge in [-0.15, -0.1) is 0 Å². The minimum atomic E-state index is 0.696. The van der Waals surface area contributed by atoms with Crippen LogP contribution in [0.25, 0.3) is 22.8 Å². The molecule has 0 bridgehead atoms. The van der Waals surface area contributed by atoms with Crippen LogP contribution in [0.1, 0.15) is 29.2 Å². The molecule has 0 spiro atoms. The van der Waals surface area contributed by atoms with Crippen LogP contribution in [0.2, 0.25) is 0 Å². The Bertz CT molecular complexity index is 1350. The van der Waals surface area contributed by atoms with E-state index in [0.717, 1.165) is 61.4 Å². The fraction of sp³-hybridized carbons (Fsp3) is 0.286. The number of quaternary nitrogens is 1. The van der Waals surface area contributed by atoms with Crippen LogP contribution in [0.3, 0.4) is 0 Å². The second-order valence-corrected chi connectivity index (χ2v) is 8.78. The second kappa shape index (κ2) is 9.09. The quantitative estimate of drug-likeness (QED) is 0.520. The van der Waals surface area contributed by atoms with Gasteiger partial charge in [-0.1, -0.05) is 55.5 Å². The molecule has 4 aromatic rings. The van der Waals surface area contributed by atoms with E-state index in [-0.39, 0.29) is 0 Å². The van der Waals surface area contributed by atoms with Gasteiger partial charge in [0.1, 0.15) is 11.9 Å². The fourth-order valence-corrected chi connectivity index (χ4v) is 5.08. The smallest absolute Gasteiger partial charge is 0.157 e. The number of nitrogens with one attached hydrogen (secondary N) is 1. The highest BCUT2D eigenvalue weighted by molar-refractivity contribution is 5.86. The zero-order valence-electron chi connectivity index (χ0n) is 19.4. The van der Waals surface area contributed by atoms with E-state index < -0.39 is 0 Å². The van der Waals surface area contributed by atoms with Gasteiger partial charge in [0.05, 0.1) is 49.3 Å². The van der Waals surface area contributed by atoms with E-state index >= 15 is 0 Å². The molecular formula is C28H30N5+. The molecule has 5 heteroatoms. The molecule has 2 aromatic heterocycles. The third kappa shape index (κ3) is 3.88.